The minimum Gasteiger partial charge on any atom is -0.308 e. The van der Waals surface area contributed by atoms with Gasteiger partial charge in [-0.15, -0.1) is 0 Å². The third kappa shape index (κ3) is 4.46. The minimum absolute atomic E-state index is 0.249. The summed E-state index contributed by atoms with van der Waals surface area (Å²) in [6.45, 7) is 1.63. The number of rotatable bonds is 4. The van der Waals surface area contributed by atoms with Crippen LogP contribution in [0.4, 0.5) is 25.7 Å². The van der Waals surface area contributed by atoms with Gasteiger partial charge in [-0.05, 0) is 42.8 Å². The summed E-state index contributed by atoms with van der Waals surface area (Å²) in [5.41, 5.74) is 1.84. The van der Waals surface area contributed by atoms with Crippen LogP contribution in [0, 0.1) is 12.7 Å². The Morgan fingerprint density at radius 3 is 2.42 bits per heavy atom. The third-order valence-corrected chi connectivity index (χ3v) is 4.99. The molecule has 0 fully saturated rings. The molecule has 0 saturated heterocycles. The largest absolute Gasteiger partial charge is 0.323 e. The van der Waals surface area contributed by atoms with Crippen molar-refractivity contribution < 1.29 is 17.6 Å². The van der Waals surface area contributed by atoms with Crippen LogP contribution < -0.4 is 15.4 Å². The Labute approximate surface area is 153 Å². The molecule has 0 aliphatic carbocycles. The van der Waals surface area contributed by atoms with E-state index in [2.05, 4.69) is 20.3 Å². The molecule has 136 valence electrons. The highest BCUT2D eigenvalue weighted by Gasteiger charge is 2.10. The highest BCUT2D eigenvalue weighted by atomic mass is 32.2. The molecule has 0 bridgehead atoms. The number of nitrogens with zero attached hydrogens (tertiary/aromatic N) is 1. The first kappa shape index (κ1) is 18.1. The number of aryl methyl sites for hydroxylation is 1. The van der Waals surface area contributed by atoms with Crippen LogP contribution in [0.3, 0.4) is 0 Å². The van der Waals surface area contributed by atoms with E-state index in [4.69, 9.17) is 0 Å². The van der Waals surface area contributed by atoms with Crippen molar-refractivity contribution in [3.63, 3.8) is 0 Å². The molecule has 3 N–H and O–H groups in total. The summed E-state index contributed by atoms with van der Waals surface area (Å²) in [5.74, 6) is -0.405. The fourth-order valence-electron chi connectivity index (χ4n) is 2.17. The first-order valence-corrected chi connectivity index (χ1v) is 10.1. The lowest BCUT2D eigenvalue weighted by Gasteiger charge is -2.08. The van der Waals surface area contributed by atoms with Gasteiger partial charge in [0.1, 0.15) is 5.82 Å². The van der Waals surface area contributed by atoms with E-state index in [-0.39, 0.29) is 5.13 Å². The highest BCUT2D eigenvalue weighted by molar-refractivity contribution is 7.92. The van der Waals surface area contributed by atoms with Gasteiger partial charge < -0.3 is 10.6 Å². The smallest absolute Gasteiger partial charge is 0.308 e. The Balaban J connectivity index is 1.73. The predicted molar refractivity (Wildman–Crippen MR) is 102 cm³/mol. The number of thiazole rings is 1. The molecule has 0 atom stereocenters. The van der Waals surface area contributed by atoms with Crippen molar-refractivity contribution in [3.05, 3.63) is 47.8 Å². The number of urea groups is 1. The molecule has 26 heavy (non-hydrogen) atoms. The Bertz CT molecular complexity index is 1100. The van der Waals surface area contributed by atoms with Gasteiger partial charge in [0.25, 0.3) is 0 Å². The standard InChI is InChI=1S/C16H15FN4O3S2/c1-9-3-4-10(7-12(9)17)18-15(22)19-11-5-6-14-13(8-11)20-16(25-14)21-26(2,23)24/h3-8H,1-2H3,(H,20,21)(H2,18,19,22). The molecule has 0 aliphatic rings. The van der Waals surface area contributed by atoms with E-state index in [1.165, 1.54) is 17.4 Å². The zero-order valence-electron chi connectivity index (χ0n) is 13.8. The Hall–Kier alpha value is -2.72. The molecule has 7 nitrogen and oxygen atoms in total. The van der Waals surface area contributed by atoms with Gasteiger partial charge in [0.15, 0.2) is 5.13 Å². The summed E-state index contributed by atoms with van der Waals surface area (Å²) in [7, 11) is -3.41. The second kappa shape index (κ2) is 6.89. The molecular formula is C16H15FN4O3S2. The number of aromatic nitrogens is 1. The van der Waals surface area contributed by atoms with Gasteiger partial charge in [-0.2, -0.15) is 0 Å². The number of nitrogens with one attached hydrogen (secondary N) is 3. The van der Waals surface area contributed by atoms with Gasteiger partial charge in [-0.1, -0.05) is 17.4 Å². The van der Waals surface area contributed by atoms with Crippen LogP contribution in [-0.4, -0.2) is 25.7 Å². The number of hydrogen-bond acceptors (Lipinski definition) is 5. The lowest BCUT2D eigenvalue weighted by atomic mass is 10.2. The van der Waals surface area contributed by atoms with E-state index in [1.807, 2.05) is 0 Å². The summed E-state index contributed by atoms with van der Waals surface area (Å²) in [5, 5.41) is 5.42. The van der Waals surface area contributed by atoms with E-state index >= 15 is 0 Å². The molecule has 0 unspecified atom stereocenters. The summed E-state index contributed by atoms with van der Waals surface area (Å²) in [4.78, 5) is 16.2. The number of fused-ring (bicyclic) bond motifs is 1. The van der Waals surface area contributed by atoms with Crippen LogP contribution in [0.25, 0.3) is 10.2 Å². The van der Waals surface area contributed by atoms with Gasteiger partial charge in [-0.3, -0.25) is 4.72 Å². The molecule has 0 aliphatic heterocycles. The number of carbonyl (C=O) groups excluding carboxylic acids is 1. The van der Waals surface area contributed by atoms with Crippen molar-refractivity contribution in [1.29, 1.82) is 0 Å². The van der Waals surface area contributed by atoms with Crippen molar-refractivity contribution in [2.45, 2.75) is 6.92 Å². The number of carbonyl (C=O) groups is 1. The average Bonchev–Trinajstić information content (AvgIpc) is 2.90. The molecule has 0 spiro atoms. The third-order valence-electron chi connectivity index (χ3n) is 3.35. The lowest BCUT2D eigenvalue weighted by Crippen LogP contribution is -2.19. The van der Waals surface area contributed by atoms with Crippen LogP contribution in [0.2, 0.25) is 0 Å². The van der Waals surface area contributed by atoms with Crippen molar-refractivity contribution in [2.75, 3.05) is 21.6 Å². The summed E-state index contributed by atoms with van der Waals surface area (Å²) in [6.07, 6.45) is 1.05. The van der Waals surface area contributed by atoms with Crippen molar-refractivity contribution in [1.82, 2.24) is 4.98 Å². The Kier molecular flexibility index (Phi) is 4.79. The second-order valence-electron chi connectivity index (χ2n) is 5.62. The minimum atomic E-state index is -3.41. The topological polar surface area (TPSA) is 100 Å². The predicted octanol–water partition coefficient (Wildman–Crippen LogP) is 3.76. The molecule has 0 saturated carbocycles. The van der Waals surface area contributed by atoms with E-state index < -0.39 is 21.9 Å². The SMILES string of the molecule is Cc1ccc(NC(=O)Nc2ccc3sc(NS(C)(=O)=O)nc3c2)cc1F. The van der Waals surface area contributed by atoms with Crippen LogP contribution in [-0.2, 0) is 10.0 Å². The molecule has 10 heteroatoms. The maximum absolute atomic E-state index is 13.5. The first-order valence-electron chi connectivity index (χ1n) is 7.42. The lowest BCUT2D eigenvalue weighted by molar-refractivity contribution is 0.262. The monoisotopic (exact) mass is 394 g/mol. The molecule has 1 heterocycles. The van der Waals surface area contributed by atoms with E-state index in [0.29, 0.717) is 22.5 Å². The van der Waals surface area contributed by atoms with Gasteiger partial charge in [0.05, 0.1) is 16.5 Å². The van der Waals surface area contributed by atoms with Crippen LogP contribution in [0.15, 0.2) is 36.4 Å². The molecule has 0 radical (unpaired) electrons. The van der Waals surface area contributed by atoms with Crippen molar-refractivity contribution in [3.8, 4) is 0 Å². The number of anilines is 3. The average molecular weight is 394 g/mol. The van der Waals surface area contributed by atoms with E-state index in [1.54, 1.807) is 37.3 Å². The number of sulfonamides is 1. The number of halogens is 1. The molecule has 3 aromatic rings. The normalized spacial score (nSPS) is 11.3. The van der Waals surface area contributed by atoms with Crippen LogP contribution in [0.5, 0.6) is 0 Å². The second-order valence-corrected chi connectivity index (χ2v) is 8.40. The summed E-state index contributed by atoms with van der Waals surface area (Å²) >= 11 is 1.19. The molecule has 2 amide bonds. The Morgan fingerprint density at radius 2 is 1.77 bits per heavy atom. The van der Waals surface area contributed by atoms with Crippen LogP contribution in [0.1, 0.15) is 5.56 Å². The fraction of sp³-hybridized carbons (Fsp3) is 0.125. The number of benzene rings is 2. The number of hydrogen-bond donors (Lipinski definition) is 3. The van der Waals surface area contributed by atoms with Crippen LogP contribution >= 0.6 is 11.3 Å². The zero-order chi connectivity index (χ0) is 18.9. The maximum atomic E-state index is 13.5. The molecular weight excluding hydrogens is 379 g/mol. The summed E-state index contributed by atoms with van der Waals surface area (Å²) in [6, 6.07) is 8.89. The Morgan fingerprint density at radius 1 is 1.12 bits per heavy atom. The van der Waals surface area contributed by atoms with Crippen molar-refractivity contribution in [2.24, 2.45) is 0 Å². The van der Waals surface area contributed by atoms with Gasteiger partial charge in [0.2, 0.25) is 10.0 Å². The number of amides is 2. The molecule has 2 aromatic carbocycles. The van der Waals surface area contributed by atoms with E-state index in [9.17, 15) is 17.6 Å². The fourth-order valence-corrected chi connectivity index (χ4v) is 3.85. The molecule has 3 rings (SSSR count). The van der Waals surface area contributed by atoms with Gasteiger partial charge in [0, 0.05) is 11.4 Å². The highest BCUT2D eigenvalue weighted by Crippen LogP contribution is 2.28. The van der Waals surface area contributed by atoms with Gasteiger partial charge >= 0.3 is 6.03 Å². The first-order chi connectivity index (χ1) is 12.2. The zero-order valence-corrected chi connectivity index (χ0v) is 15.5. The van der Waals surface area contributed by atoms with Crippen molar-refractivity contribution >= 4 is 54.1 Å². The molecule has 1 aromatic heterocycles. The quantitative estimate of drug-likeness (QED) is 0.627. The van der Waals surface area contributed by atoms with Gasteiger partial charge in [-0.25, -0.2) is 22.6 Å². The summed E-state index contributed by atoms with van der Waals surface area (Å²) < 4.78 is 39.2. The van der Waals surface area contributed by atoms with E-state index in [0.717, 1.165) is 11.0 Å². The maximum Gasteiger partial charge on any atom is 0.323 e.